The first-order chi connectivity index (χ1) is 13.2. The third-order valence-electron chi connectivity index (χ3n) is 4.62. The van der Waals surface area contributed by atoms with Gasteiger partial charge in [0.1, 0.15) is 5.75 Å². The van der Waals surface area contributed by atoms with E-state index < -0.39 is 20.0 Å². The monoisotopic (exact) mass is 536 g/mol. The minimum atomic E-state index is -3.70. The van der Waals surface area contributed by atoms with E-state index in [2.05, 4.69) is 0 Å². The molecule has 0 saturated carbocycles. The molecule has 1 aliphatic rings. The first kappa shape index (κ1) is 21.5. The predicted octanol–water partition coefficient (Wildman–Crippen LogP) is 2.30. The van der Waals surface area contributed by atoms with Crippen LogP contribution in [0.4, 0.5) is 0 Å². The highest BCUT2D eigenvalue weighted by Crippen LogP contribution is 2.27. The molecule has 1 heterocycles. The van der Waals surface area contributed by atoms with Gasteiger partial charge >= 0.3 is 0 Å². The molecule has 0 bridgehead atoms. The highest BCUT2D eigenvalue weighted by molar-refractivity contribution is 14.1. The van der Waals surface area contributed by atoms with Gasteiger partial charge in [0, 0.05) is 26.2 Å². The summed E-state index contributed by atoms with van der Waals surface area (Å²) in [5.41, 5.74) is 0.976. The highest BCUT2D eigenvalue weighted by atomic mass is 127. The van der Waals surface area contributed by atoms with Crippen LogP contribution in [0, 0.1) is 10.5 Å². The quantitative estimate of drug-likeness (QED) is 0.548. The van der Waals surface area contributed by atoms with Crippen molar-refractivity contribution in [1.82, 2.24) is 8.61 Å². The largest absolute Gasteiger partial charge is 0.496 e. The van der Waals surface area contributed by atoms with Crippen molar-refractivity contribution in [3.05, 3.63) is 51.6 Å². The summed E-state index contributed by atoms with van der Waals surface area (Å²) < 4.78 is 59.9. The first-order valence-corrected chi connectivity index (χ1v) is 12.5. The van der Waals surface area contributed by atoms with Crippen LogP contribution in [0.2, 0.25) is 0 Å². The van der Waals surface area contributed by atoms with Crippen LogP contribution in [-0.4, -0.2) is 58.7 Å². The van der Waals surface area contributed by atoms with Gasteiger partial charge in [0.25, 0.3) is 0 Å². The lowest BCUT2D eigenvalue weighted by Gasteiger charge is -2.33. The van der Waals surface area contributed by atoms with Crippen LogP contribution < -0.4 is 4.74 Å². The van der Waals surface area contributed by atoms with E-state index >= 15 is 0 Å². The van der Waals surface area contributed by atoms with Crippen molar-refractivity contribution in [2.75, 3.05) is 33.3 Å². The van der Waals surface area contributed by atoms with Gasteiger partial charge in [-0.3, -0.25) is 0 Å². The Kier molecular flexibility index (Phi) is 6.35. The maximum absolute atomic E-state index is 12.9. The van der Waals surface area contributed by atoms with E-state index in [0.717, 1.165) is 5.56 Å². The molecule has 7 nitrogen and oxygen atoms in total. The molecule has 0 aliphatic carbocycles. The Labute approximate surface area is 179 Å². The Hall–Kier alpha value is -1.21. The SMILES string of the molecule is COc1ccc(S(=O)(=O)N2CCN(S(=O)(=O)c3ccc(C)cc3)CC2)cc1I. The number of benzene rings is 2. The number of rotatable bonds is 5. The van der Waals surface area contributed by atoms with Crippen molar-refractivity contribution in [2.24, 2.45) is 0 Å². The van der Waals surface area contributed by atoms with Crippen molar-refractivity contribution in [2.45, 2.75) is 16.7 Å². The Bertz CT molecular complexity index is 1060. The summed E-state index contributed by atoms with van der Waals surface area (Å²) in [5, 5.41) is 0. The summed E-state index contributed by atoms with van der Waals surface area (Å²) >= 11 is 2.02. The van der Waals surface area contributed by atoms with E-state index in [1.807, 2.05) is 29.5 Å². The van der Waals surface area contributed by atoms with Crippen molar-refractivity contribution in [1.29, 1.82) is 0 Å². The number of piperazine rings is 1. The number of hydrogen-bond acceptors (Lipinski definition) is 5. The Morgan fingerprint density at radius 3 is 1.75 bits per heavy atom. The van der Waals surface area contributed by atoms with Crippen LogP contribution in [0.5, 0.6) is 5.75 Å². The van der Waals surface area contributed by atoms with Crippen LogP contribution in [0.1, 0.15) is 5.56 Å². The first-order valence-electron chi connectivity index (χ1n) is 8.57. The van der Waals surface area contributed by atoms with Crippen molar-refractivity contribution in [3.8, 4) is 5.75 Å². The van der Waals surface area contributed by atoms with Gasteiger partial charge in [-0.2, -0.15) is 8.61 Å². The Morgan fingerprint density at radius 1 is 0.821 bits per heavy atom. The molecular weight excluding hydrogens is 515 g/mol. The van der Waals surface area contributed by atoms with Gasteiger partial charge in [-0.25, -0.2) is 16.8 Å². The lowest BCUT2D eigenvalue weighted by molar-refractivity contribution is 0.273. The molecule has 0 spiro atoms. The van der Waals surface area contributed by atoms with Crippen LogP contribution in [0.25, 0.3) is 0 Å². The standard InChI is InChI=1S/C18H21IN2O5S2/c1-14-3-5-15(6-4-14)27(22,23)20-9-11-21(12-10-20)28(24,25)16-7-8-18(26-2)17(19)13-16/h3-8,13H,9-12H2,1-2H3. The molecule has 10 heteroatoms. The molecule has 0 atom stereocenters. The van der Waals surface area contributed by atoms with Gasteiger partial charge in [-0.05, 0) is 59.8 Å². The zero-order valence-corrected chi connectivity index (χ0v) is 19.3. The molecule has 0 N–H and O–H groups in total. The number of methoxy groups -OCH3 is 1. The second-order valence-electron chi connectivity index (χ2n) is 6.42. The Morgan fingerprint density at radius 2 is 1.29 bits per heavy atom. The topological polar surface area (TPSA) is 84.0 Å². The summed E-state index contributed by atoms with van der Waals surface area (Å²) in [7, 11) is -5.80. The minimum absolute atomic E-state index is 0.107. The third-order valence-corrected chi connectivity index (χ3v) is 9.27. The molecule has 0 aromatic heterocycles. The molecular formula is C18H21IN2O5S2. The molecule has 28 heavy (non-hydrogen) atoms. The lowest BCUT2D eigenvalue weighted by Crippen LogP contribution is -2.50. The van der Waals surface area contributed by atoms with Gasteiger partial charge in [0.2, 0.25) is 20.0 Å². The second-order valence-corrected chi connectivity index (χ2v) is 11.5. The second kappa shape index (κ2) is 8.27. The number of aryl methyl sites for hydroxylation is 1. The molecule has 1 fully saturated rings. The molecule has 3 rings (SSSR count). The van der Waals surface area contributed by atoms with Crippen LogP contribution >= 0.6 is 22.6 Å². The van der Waals surface area contributed by atoms with Gasteiger partial charge in [-0.15, -0.1) is 0 Å². The van der Waals surface area contributed by atoms with E-state index in [-0.39, 0.29) is 36.0 Å². The van der Waals surface area contributed by atoms with Gasteiger partial charge in [-0.1, -0.05) is 17.7 Å². The highest BCUT2D eigenvalue weighted by Gasteiger charge is 2.33. The lowest BCUT2D eigenvalue weighted by atomic mass is 10.2. The molecule has 1 aliphatic heterocycles. The van der Waals surface area contributed by atoms with Crippen molar-refractivity contribution in [3.63, 3.8) is 0 Å². The van der Waals surface area contributed by atoms with Gasteiger partial charge in [0.05, 0.1) is 20.5 Å². The van der Waals surface area contributed by atoms with Crippen LogP contribution in [0.15, 0.2) is 52.3 Å². The number of halogens is 1. The predicted molar refractivity (Wildman–Crippen MR) is 114 cm³/mol. The molecule has 2 aromatic carbocycles. The third kappa shape index (κ3) is 4.20. The van der Waals surface area contributed by atoms with Gasteiger partial charge < -0.3 is 4.74 Å². The smallest absolute Gasteiger partial charge is 0.243 e. The van der Waals surface area contributed by atoms with E-state index in [0.29, 0.717) is 9.32 Å². The number of hydrogen-bond donors (Lipinski definition) is 0. The van der Waals surface area contributed by atoms with Crippen molar-refractivity contribution < 1.29 is 21.6 Å². The van der Waals surface area contributed by atoms with Crippen molar-refractivity contribution >= 4 is 42.6 Å². The zero-order chi connectivity index (χ0) is 20.5. The fourth-order valence-corrected chi connectivity index (χ4v) is 6.78. The molecule has 0 radical (unpaired) electrons. The van der Waals surface area contributed by atoms with E-state index in [1.165, 1.54) is 21.8 Å². The number of sulfonamides is 2. The van der Waals surface area contributed by atoms with Crippen LogP contribution in [0.3, 0.4) is 0 Å². The summed E-state index contributed by atoms with van der Waals surface area (Å²) in [6, 6.07) is 11.3. The summed E-state index contributed by atoms with van der Waals surface area (Å²) in [5.74, 6) is 0.605. The fourth-order valence-electron chi connectivity index (χ4n) is 2.97. The minimum Gasteiger partial charge on any atom is -0.496 e. The molecule has 2 aromatic rings. The van der Waals surface area contributed by atoms with Gasteiger partial charge in [0.15, 0.2) is 0 Å². The van der Waals surface area contributed by atoms with E-state index in [4.69, 9.17) is 4.74 Å². The van der Waals surface area contributed by atoms with E-state index in [1.54, 1.807) is 36.4 Å². The number of nitrogens with zero attached hydrogens (tertiary/aromatic N) is 2. The average molecular weight is 536 g/mol. The summed E-state index contributed by atoms with van der Waals surface area (Å²) in [4.78, 5) is 0.395. The maximum atomic E-state index is 12.9. The normalized spacial score (nSPS) is 16.8. The molecule has 0 amide bonds. The zero-order valence-electron chi connectivity index (χ0n) is 15.5. The maximum Gasteiger partial charge on any atom is 0.243 e. The average Bonchev–Trinajstić information content (AvgIpc) is 2.68. The van der Waals surface area contributed by atoms with E-state index in [9.17, 15) is 16.8 Å². The molecule has 1 saturated heterocycles. The fraction of sp³-hybridized carbons (Fsp3) is 0.333. The molecule has 0 unspecified atom stereocenters. The Balaban J connectivity index is 1.75. The number of ether oxygens (including phenoxy) is 1. The van der Waals surface area contributed by atoms with Crippen LogP contribution in [-0.2, 0) is 20.0 Å². The summed E-state index contributed by atoms with van der Waals surface area (Å²) in [6.07, 6.45) is 0. The molecule has 152 valence electrons. The summed E-state index contributed by atoms with van der Waals surface area (Å²) in [6.45, 7) is 2.33.